The molecule has 1 unspecified atom stereocenters. The monoisotopic (exact) mass is 514 g/mol. The highest BCUT2D eigenvalue weighted by Crippen LogP contribution is 2.43. The van der Waals surface area contributed by atoms with E-state index < -0.39 is 28.4 Å². The van der Waals surface area contributed by atoms with Crippen molar-refractivity contribution in [2.75, 3.05) is 41.9 Å². The predicted octanol–water partition coefficient (Wildman–Crippen LogP) is 5.13. The van der Waals surface area contributed by atoms with Crippen LogP contribution in [0.2, 0.25) is 0 Å². The molecule has 9 nitrogen and oxygen atoms in total. The Morgan fingerprint density at radius 3 is 2.11 bits per heavy atom. The Morgan fingerprint density at radius 2 is 1.55 bits per heavy atom. The van der Waals surface area contributed by atoms with E-state index in [2.05, 4.69) is 18.7 Å². The molecule has 9 heteroatoms. The molecule has 1 heterocycles. The molecule has 0 spiro atoms. The molecule has 3 aromatic rings. The lowest BCUT2D eigenvalue weighted by Crippen LogP contribution is -2.29. The fraction of sp³-hybridized carbons (Fsp3) is 0.241. The van der Waals surface area contributed by atoms with Gasteiger partial charge in [0.1, 0.15) is 5.76 Å². The number of nitrogens with zero attached hydrogens (tertiary/aromatic N) is 4. The number of nitro benzene ring substituents is 1. The number of benzene rings is 3. The second-order valence-electron chi connectivity index (χ2n) is 9.15. The lowest BCUT2D eigenvalue weighted by atomic mass is 9.94. The minimum atomic E-state index is -0.926. The highest BCUT2D eigenvalue weighted by molar-refractivity contribution is 6.51. The number of amides is 1. The normalized spacial score (nSPS) is 16.5. The summed E-state index contributed by atoms with van der Waals surface area (Å²) < 4.78 is 0. The second-order valence-corrected chi connectivity index (χ2v) is 9.15. The molecule has 1 saturated heterocycles. The van der Waals surface area contributed by atoms with Gasteiger partial charge in [-0.1, -0.05) is 24.3 Å². The first-order chi connectivity index (χ1) is 18.2. The zero-order chi connectivity index (χ0) is 27.6. The molecular weight excluding hydrogens is 484 g/mol. The van der Waals surface area contributed by atoms with E-state index in [4.69, 9.17) is 0 Å². The van der Waals surface area contributed by atoms with Crippen molar-refractivity contribution < 1.29 is 19.6 Å². The standard InChI is InChI=1S/C29H30N4O5/c1-5-31(6-2)22-14-16-23(17-15-22)32-26(19-10-12-21(13-11-19)30(3)4)25(28(35)29(32)36)27(34)20-8-7-9-24(18-20)33(37)38/h7-18,26,34H,5-6H2,1-4H3/b27-25-. The van der Waals surface area contributed by atoms with Crippen molar-refractivity contribution in [3.8, 4) is 0 Å². The number of hydrogen-bond acceptors (Lipinski definition) is 7. The van der Waals surface area contributed by atoms with Gasteiger partial charge in [0.25, 0.3) is 17.4 Å². The van der Waals surface area contributed by atoms with E-state index in [0.717, 1.165) is 24.5 Å². The summed E-state index contributed by atoms with van der Waals surface area (Å²) in [5.74, 6) is -2.10. The molecule has 0 radical (unpaired) electrons. The number of nitro groups is 1. The van der Waals surface area contributed by atoms with Crippen molar-refractivity contribution in [1.29, 1.82) is 0 Å². The van der Waals surface area contributed by atoms with Crippen molar-refractivity contribution in [3.05, 3.63) is 99.6 Å². The summed E-state index contributed by atoms with van der Waals surface area (Å²) in [5.41, 5.74) is 2.76. The molecule has 1 aliphatic rings. The molecule has 1 aliphatic heterocycles. The Bertz CT molecular complexity index is 1390. The maximum absolute atomic E-state index is 13.4. The van der Waals surface area contributed by atoms with Crippen LogP contribution in [0.3, 0.4) is 0 Å². The summed E-state index contributed by atoms with van der Waals surface area (Å²) in [7, 11) is 3.81. The van der Waals surface area contributed by atoms with Gasteiger partial charge in [0.2, 0.25) is 0 Å². The highest BCUT2D eigenvalue weighted by Gasteiger charge is 2.47. The number of aliphatic hydroxyl groups is 1. The van der Waals surface area contributed by atoms with Crippen molar-refractivity contribution in [2.45, 2.75) is 19.9 Å². The maximum atomic E-state index is 13.4. The molecule has 196 valence electrons. The van der Waals surface area contributed by atoms with Crippen LogP contribution < -0.4 is 14.7 Å². The molecular formula is C29H30N4O5. The Hall–Kier alpha value is -4.66. The molecule has 38 heavy (non-hydrogen) atoms. The van der Waals surface area contributed by atoms with Crippen molar-refractivity contribution in [2.24, 2.45) is 0 Å². The number of ketones is 1. The number of Topliss-reactive ketones (excluding diaryl/α,β-unsaturated/α-hetero) is 1. The van der Waals surface area contributed by atoms with E-state index >= 15 is 0 Å². The van der Waals surface area contributed by atoms with E-state index in [0.29, 0.717) is 11.3 Å². The third-order valence-electron chi connectivity index (χ3n) is 6.76. The number of aliphatic hydroxyl groups excluding tert-OH is 1. The summed E-state index contributed by atoms with van der Waals surface area (Å²) in [6.07, 6.45) is 0. The third-order valence-corrected chi connectivity index (χ3v) is 6.76. The minimum Gasteiger partial charge on any atom is -0.507 e. The molecule has 0 aromatic heterocycles. The largest absolute Gasteiger partial charge is 0.507 e. The lowest BCUT2D eigenvalue weighted by molar-refractivity contribution is -0.384. The summed E-state index contributed by atoms with van der Waals surface area (Å²) in [6, 6.07) is 19.2. The smallest absolute Gasteiger partial charge is 0.300 e. The molecule has 3 aromatic carbocycles. The number of rotatable bonds is 8. The number of non-ortho nitro benzene ring substituents is 1. The highest BCUT2D eigenvalue weighted by atomic mass is 16.6. The minimum absolute atomic E-state index is 0.0870. The molecule has 1 N–H and O–H groups in total. The summed E-state index contributed by atoms with van der Waals surface area (Å²) in [6.45, 7) is 5.76. The quantitative estimate of drug-likeness (QED) is 0.146. The number of hydrogen-bond donors (Lipinski definition) is 1. The molecule has 0 bridgehead atoms. The Balaban J connectivity index is 1.89. The fourth-order valence-corrected chi connectivity index (χ4v) is 4.70. The van der Waals surface area contributed by atoms with Gasteiger partial charge in [0.15, 0.2) is 0 Å². The van der Waals surface area contributed by atoms with Gasteiger partial charge in [-0.2, -0.15) is 0 Å². The van der Waals surface area contributed by atoms with Gasteiger partial charge in [-0.15, -0.1) is 0 Å². The van der Waals surface area contributed by atoms with E-state index in [1.54, 1.807) is 12.1 Å². The van der Waals surface area contributed by atoms with E-state index in [1.165, 1.54) is 29.2 Å². The van der Waals surface area contributed by atoms with Crippen LogP contribution in [0.15, 0.2) is 78.4 Å². The summed E-state index contributed by atoms with van der Waals surface area (Å²) in [5, 5.41) is 22.6. The zero-order valence-electron chi connectivity index (χ0n) is 21.8. The van der Waals surface area contributed by atoms with Gasteiger partial charge >= 0.3 is 0 Å². The number of carbonyl (C=O) groups is 2. The summed E-state index contributed by atoms with van der Waals surface area (Å²) >= 11 is 0. The average Bonchev–Trinajstić information content (AvgIpc) is 3.19. The van der Waals surface area contributed by atoms with Gasteiger partial charge in [0, 0.05) is 61.9 Å². The Kier molecular flexibility index (Phi) is 7.47. The Morgan fingerprint density at radius 1 is 0.947 bits per heavy atom. The van der Waals surface area contributed by atoms with Gasteiger partial charge in [-0.3, -0.25) is 24.6 Å². The van der Waals surface area contributed by atoms with Gasteiger partial charge in [-0.25, -0.2) is 0 Å². The Labute approximate surface area is 221 Å². The van der Waals surface area contributed by atoms with Crippen LogP contribution in [0.5, 0.6) is 0 Å². The molecule has 1 amide bonds. The molecule has 1 fully saturated rings. The number of carbonyl (C=O) groups excluding carboxylic acids is 2. The van der Waals surface area contributed by atoms with Crippen LogP contribution >= 0.6 is 0 Å². The van der Waals surface area contributed by atoms with Crippen LogP contribution in [0.1, 0.15) is 31.0 Å². The molecule has 0 aliphatic carbocycles. The van der Waals surface area contributed by atoms with E-state index in [-0.39, 0.29) is 16.8 Å². The van der Waals surface area contributed by atoms with Crippen molar-refractivity contribution in [3.63, 3.8) is 0 Å². The first kappa shape index (κ1) is 26.4. The first-order valence-electron chi connectivity index (χ1n) is 12.4. The second kappa shape index (κ2) is 10.8. The van der Waals surface area contributed by atoms with Gasteiger partial charge in [-0.05, 0) is 55.8 Å². The van der Waals surface area contributed by atoms with Gasteiger partial charge in [0.05, 0.1) is 16.5 Å². The van der Waals surface area contributed by atoms with Crippen LogP contribution in [0, 0.1) is 10.1 Å². The van der Waals surface area contributed by atoms with Crippen LogP contribution in [0.4, 0.5) is 22.7 Å². The predicted molar refractivity (Wildman–Crippen MR) is 149 cm³/mol. The molecule has 4 rings (SSSR count). The third kappa shape index (κ3) is 4.82. The van der Waals surface area contributed by atoms with Crippen LogP contribution in [-0.2, 0) is 9.59 Å². The van der Waals surface area contributed by atoms with Crippen LogP contribution in [0.25, 0.3) is 5.76 Å². The topological polar surface area (TPSA) is 107 Å². The van der Waals surface area contributed by atoms with Crippen molar-refractivity contribution in [1.82, 2.24) is 0 Å². The first-order valence-corrected chi connectivity index (χ1v) is 12.4. The fourth-order valence-electron chi connectivity index (χ4n) is 4.70. The van der Waals surface area contributed by atoms with E-state index in [9.17, 15) is 24.8 Å². The van der Waals surface area contributed by atoms with Gasteiger partial charge < -0.3 is 14.9 Å². The van der Waals surface area contributed by atoms with Crippen LogP contribution in [-0.4, -0.2) is 48.9 Å². The SMILES string of the molecule is CCN(CC)c1ccc(N2C(=O)C(=O)/C(=C(\O)c3cccc([N+](=O)[O-])c3)C2c2ccc(N(C)C)cc2)cc1. The summed E-state index contributed by atoms with van der Waals surface area (Å²) in [4.78, 5) is 43.0. The lowest BCUT2D eigenvalue weighted by Gasteiger charge is -2.27. The average molecular weight is 515 g/mol. The molecule has 1 atom stereocenters. The maximum Gasteiger partial charge on any atom is 0.300 e. The van der Waals surface area contributed by atoms with Crippen molar-refractivity contribution >= 4 is 40.2 Å². The number of anilines is 3. The van der Waals surface area contributed by atoms with E-state index in [1.807, 2.05) is 55.4 Å². The molecule has 0 saturated carbocycles. The zero-order valence-corrected chi connectivity index (χ0v) is 21.8.